The van der Waals surface area contributed by atoms with Crippen LogP contribution in [0, 0.1) is 17.2 Å². The molecule has 10 nitrogen and oxygen atoms in total. The summed E-state index contributed by atoms with van der Waals surface area (Å²) in [7, 11) is 1.97. The van der Waals surface area contributed by atoms with Crippen LogP contribution in [0.2, 0.25) is 0 Å². The number of rotatable bonds is 7. The number of hydrogen-bond donors (Lipinski definition) is 2. The van der Waals surface area contributed by atoms with Crippen molar-refractivity contribution in [3.05, 3.63) is 0 Å². The Kier molecular flexibility index (Phi) is 11.0. The number of hydrogen-bond acceptors (Lipinski definition) is 7. The van der Waals surface area contributed by atoms with Crippen LogP contribution in [0.4, 0.5) is 18.0 Å². The van der Waals surface area contributed by atoms with Crippen LogP contribution in [-0.4, -0.2) is 98.6 Å². The smallest absolute Gasteiger partial charge is 0.413 e. The molecule has 0 aromatic heterocycles. The van der Waals surface area contributed by atoms with Crippen LogP contribution in [-0.2, 0) is 14.3 Å². The fraction of sp³-hybridized carbons (Fsp3) is 0.840. The summed E-state index contributed by atoms with van der Waals surface area (Å²) in [4.78, 5) is 34.5. The van der Waals surface area contributed by atoms with Crippen molar-refractivity contribution in [1.29, 1.82) is 5.26 Å². The maximum atomic E-state index is 13.6. The summed E-state index contributed by atoms with van der Waals surface area (Å²) in [5.41, 5.74) is -0.993. The van der Waals surface area contributed by atoms with Gasteiger partial charge in [0.25, 0.3) is 0 Å². The number of alkyl carbamates (subject to hydrolysis) is 1. The van der Waals surface area contributed by atoms with Crippen LogP contribution in [0.1, 0.15) is 57.8 Å². The number of amides is 2. The number of ether oxygens (including phenoxy) is 2. The van der Waals surface area contributed by atoms with Crippen molar-refractivity contribution in [3.8, 4) is 6.07 Å². The lowest BCUT2D eigenvalue weighted by Crippen LogP contribution is -2.56. The van der Waals surface area contributed by atoms with Gasteiger partial charge in [-0.05, 0) is 32.2 Å². The van der Waals surface area contributed by atoms with Gasteiger partial charge in [-0.3, -0.25) is 10.1 Å². The van der Waals surface area contributed by atoms with Gasteiger partial charge in [0.1, 0.15) is 18.2 Å². The largest absolute Gasteiger partial charge is 0.449 e. The maximum absolute atomic E-state index is 13.6. The molecule has 2 amide bonds. The zero-order valence-electron chi connectivity index (χ0n) is 22.0. The third-order valence-electron chi connectivity index (χ3n) is 7.42. The highest BCUT2D eigenvalue weighted by molar-refractivity contribution is 5.96. The molecule has 1 atom stereocenters. The van der Waals surface area contributed by atoms with E-state index in [0.717, 1.165) is 32.1 Å². The Labute approximate surface area is 221 Å². The molecule has 0 aromatic carbocycles. The van der Waals surface area contributed by atoms with Gasteiger partial charge in [-0.1, -0.05) is 32.1 Å². The molecule has 2 N–H and O–H groups in total. The molecule has 1 saturated carbocycles. The van der Waals surface area contributed by atoms with Gasteiger partial charge in [-0.2, -0.15) is 18.4 Å². The highest BCUT2D eigenvalue weighted by Gasteiger charge is 2.38. The van der Waals surface area contributed by atoms with E-state index in [9.17, 15) is 28.0 Å². The van der Waals surface area contributed by atoms with Gasteiger partial charge < -0.3 is 24.6 Å². The van der Waals surface area contributed by atoms with Crippen molar-refractivity contribution in [3.63, 3.8) is 0 Å². The summed E-state index contributed by atoms with van der Waals surface area (Å²) < 4.78 is 47.6. The van der Waals surface area contributed by atoms with Crippen LogP contribution in [0.5, 0.6) is 0 Å². The van der Waals surface area contributed by atoms with Gasteiger partial charge in [0.15, 0.2) is 0 Å². The maximum Gasteiger partial charge on any atom is 0.413 e. The van der Waals surface area contributed by atoms with Gasteiger partial charge in [-0.15, -0.1) is 0 Å². The molecule has 0 spiro atoms. The number of likely N-dealkylation sites (tertiary alicyclic amines) is 1. The first kappa shape index (κ1) is 30.0. The van der Waals surface area contributed by atoms with Gasteiger partial charge in [0, 0.05) is 26.2 Å². The predicted molar refractivity (Wildman–Crippen MR) is 133 cm³/mol. The van der Waals surface area contributed by atoms with Crippen molar-refractivity contribution in [2.24, 2.45) is 10.9 Å². The number of alkyl halides is 3. The van der Waals surface area contributed by atoms with E-state index in [2.05, 4.69) is 26.6 Å². The molecular weight excluding hydrogens is 505 g/mol. The number of nitrogens with zero attached hydrogens (tertiary/aromatic N) is 4. The highest BCUT2D eigenvalue weighted by atomic mass is 19.4. The lowest BCUT2D eigenvalue weighted by atomic mass is 9.84. The summed E-state index contributed by atoms with van der Waals surface area (Å²) in [6.07, 6.45) is -0.136. The molecule has 1 aliphatic carbocycles. The fourth-order valence-electron chi connectivity index (χ4n) is 5.04. The van der Waals surface area contributed by atoms with Crippen molar-refractivity contribution in [1.82, 2.24) is 20.4 Å². The summed E-state index contributed by atoms with van der Waals surface area (Å²) in [6, 6.07) is 1.42. The van der Waals surface area contributed by atoms with Crippen molar-refractivity contribution in [2.75, 3.05) is 53.0 Å². The highest BCUT2D eigenvalue weighted by Crippen LogP contribution is 2.29. The predicted octanol–water partition coefficient (Wildman–Crippen LogP) is 2.80. The fourth-order valence-corrected chi connectivity index (χ4v) is 5.04. The second-order valence-corrected chi connectivity index (χ2v) is 10.4. The molecular formula is C25H39F3N6O4. The molecule has 13 heteroatoms. The van der Waals surface area contributed by atoms with Crippen LogP contribution in [0.25, 0.3) is 0 Å². The van der Waals surface area contributed by atoms with E-state index in [4.69, 9.17) is 9.47 Å². The Hall–Kier alpha value is -2.59. The van der Waals surface area contributed by atoms with Gasteiger partial charge in [-0.25, -0.2) is 9.79 Å². The zero-order chi connectivity index (χ0) is 27.6. The minimum absolute atomic E-state index is 0.0654. The first-order valence-corrected chi connectivity index (χ1v) is 13.4. The SMILES string of the molecule is CN1CCC(C#N)(NC(=O)C(CC2CCCCC2)N=C(NC(=O)OCCC(F)(F)F)N2CCOCC2)CC1. The normalized spacial score (nSPS) is 22.3. The Morgan fingerprint density at radius 3 is 2.42 bits per heavy atom. The van der Waals surface area contributed by atoms with Gasteiger partial charge in [0.05, 0.1) is 25.7 Å². The molecule has 3 fully saturated rings. The summed E-state index contributed by atoms with van der Waals surface area (Å²) in [5.74, 6) is -0.0567. The van der Waals surface area contributed by atoms with Gasteiger partial charge in [0.2, 0.25) is 11.9 Å². The summed E-state index contributed by atoms with van der Waals surface area (Å²) in [5, 5.41) is 15.4. The van der Waals surface area contributed by atoms with Crippen molar-refractivity contribution in [2.45, 2.75) is 75.5 Å². The van der Waals surface area contributed by atoms with Crippen LogP contribution in [0.15, 0.2) is 4.99 Å². The number of carbonyl (C=O) groups excluding carboxylic acids is 2. The summed E-state index contributed by atoms with van der Waals surface area (Å²) >= 11 is 0. The molecule has 1 unspecified atom stereocenters. The van der Waals surface area contributed by atoms with Crippen molar-refractivity contribution >= 4 is 18.0 Å². The molecule has 0 aromatic rings. The van der Waals surface area contributed by atoms with Crippen molar-refractivity contribution < 1.29 is 32.2 Å². The van der Waals surface area contributed by atoms with E-state index in [0.29, 0.717) is 58.7 Å². The molecule has 214 valence electrons. The van der Waals surface area contributed by atoms with E-state index in [1.54, 1.807) is 4.90 Å². The lowest BCUT2D eigenvalue weighted by Gasteiger charge is -2.37. The number of aliphatic imine (C=N–C) groups is 1. The molecule has 3 rings (SSSR count). The molecule has 3 aliphatic rings. The quantitative estimate of drug-likeness (QED) is 0.374. The number of carbonyl (C=O) groups is 2. The number of morpholine rings is 1. The number of nitrogens with one attached hydrogen (secondary N) is 2. The van der Waals surface area contributed by atoms with E-state index < -0.39 is 36.9 Å². The van der Waals surface area contributed by atoms with E-state index in [1.807, 2.05) is 7.05 Å². The standard InChI is InChI=1S/C25H39F3N6O4/c1-33-10-7-24(18-29,8-11-33)32-21(35)20(17-19-5-3-2-4-6-19)30-22(34-12-15-37-16-13-34)31-23(36)38-14-9-25(26,27)28/h19-20H,2-17H2,1H3,(H,32,35)(H,30,31,36). The average molecular weight is 545 g/mol. The second kappa shape index (κ2) is 14.0. The lowest BCUT2D eigenvalue weighted by molar-refractivity contribution is -0.141. The van der Waals surface area contributed by atoms with E-state index >= 15 is 0 Å². The third kappa shape index (κ3) is 9.62. The van der Waals surface area contributed by atoms with Gasteiger partial charge >= 0.3 is 12.3 Å². The molecule has 38 heavy (non-hydrogen) atoms. The summed E-state index contributed by atoms with van der Waals surface area (Å²) in [6.45, 7) is 2.03. The second-order valence-electron chi connectivity index (χ2n) is 10.4. The number of halogens is 3. The molecule has 2 heterocycles. The number of nitriles is 1. The minimum Gasteiger partial charge on any atom is -0.449 e. The zero-order valence-corrected chi connectivity index (χ0v) is 22.0. The third-order valence-corrected chi connectivity index (χ3v) is 7.42. The monoisotopic (exact) mass is 544 g/mol. The van der Waals surface area contributed by atoms with E-state index in [-0.39, 0.29) is 17.8 Å². The minimum atomic E-state index is -4.45. The molecule has 0 radical (unpaired) electrons. The topological polar surface area (TPSA) is 119 Å². The van der Waals surface area contributed by atoms with Crippen LogP contribution in [0.3, 0.4) is 0 Å². The molecule has 2 saturated heterocycles. The Morgan fingerprint density at radius 1 is 1.16 bits per heavy atom. The van der Waals surface area contributed by atoms with E-state index in [1.165, 1.54) is 0 Å². The van der Waals surface area contributed by atoms with Crippen LogP contribution >= 0.6 is 0 Å². The first-order chi connectivity index (χ1) is 18.1. The first-order valence-electron chi connectivity index (χ1n) is 13.4. The Bertz CT molecular complexity index is 858. The Balaban J connectivity index is 1.80. The molecule has 2 aliphatic heterocycles. The average Bonchev–Trinajstić information content (AvgIpc) is 2.89. The number of piperidine rings is 1. The molecule has 0 bridgehead atoms. The Morgan fingerprint density at radius 2 is 1.82 bits per heavy atom. The van der Waals surface area contributed by atoms with Crippen LogP contribution < -0.4 is 10.6 Å². The number of guanidine groups is 1.